The van der Waals surface area contributed by atoms with Crippen LogP contribution in [0.2, 0.25) is 0 Å². The van der Waals surface area contributed by atoms with Gasteiger partial charge in [0.1, 0.15) is 11.5 Å². The number of aryl methyl sites for hydroxylation is 3. The molecule has 0 saturated heterocycles. The van der Waals surface area contributed by atoms with Gasteiger partial charge in [-0.05, 0) is 152 Å². The molecule has 8 aromatic carbocycles. The molecule has 0 unspecified atom stereocenters. The summed E-state index contributed by atoms with van der Waals surface area (Å²) in [5.41, 5.74) is 22.8. The largest absolute Gasteiger partial charge is 0.458 e. The first-order valence-electron chi connectivity index (χ1n) is 26.0. The monoisotopic (exact) mass is 944 g/mol. The van der Waals surface area contributed by atoms with Crippen molar-refractivity contribution < 1.29 is 4.74 Å². The smallest absolute Gasteiger partial charge is 0.259 e. The second kappa shape index (κ2) is 16.5. The lowest BCUT2D eigenvalue weighted by Crippen LogP contribution is -2.60. The van der Waals surface area contributed by atoms with Crippen LogP contribution < -0.4 is 30.9 Å². The summed E-state index contributed by atoms with van der Waals surface area (Å²) < 4.78 is 9.76. The van der Waals surface area contributed by atoms with E-state index in [1.165, 1.54) is 77.1 Å². The van der Waals surface area contributed by atoms with Crippen LogP contribution >= 0.6 is 0 Å². The van der Waals surface area contributed by atoms with Gasteiger partial charge >= 0.3 is 0 Å². The van der Waals surface area contributed by atoms with E-state index in [0.717, 1.165) is 51.2 Å². The zero-order valence-electron chi connectivity index (χ0n) is 45.3. The van der Waals surface area contributed by atoms with Crippen molar-refractivity contribution in [1.29, 1.82) is 0 Å². The predicted octanol–water partition coefficient (Wildman–Crippen LogP) is 16.7. The van der Waals surface area contributed by atoms with Crippen molar-refractivity contribution in [2.24, 2.45) is 7.05 Å². The summed E-state index contributed by atoms with van der Waals surface area (Å²) in [4.78, 5) is 5.09. The lowest BCUT2D eigenvalue weighted by atomic mass is 9.33. The van der Waals surface area contributed by atoms with E-state index in [2.05, 4.69) is 270 Å². The molecular formula is C67H70BN3O. The number of hydrogen-bond donors (Lipinski definition) is 0. The van der Waals surface area contributed by atoms with Gasteiger partial charge in [-0.15, -0.1) is 0 Å². The summed E-state index contributed by atoms with van der Waals surface area (Å²) in [5, 5.41) is 2.45. The Morgan fingerprint density at radius 2 is 0.972 bits per heavy atom. The molecule has 2 aliphatic rings. The van der Waals surface area contributed by atoms with Crippen LogP contribution in [0.3, 0.4) is 0 Å². The van der Waals surface area contributed by atoms with E-state index in [0.29, 0.717) is 0 Å². The van der Waals surface area contributed by atoms with Gasteiger partial charge in [0.25, 0.3) is 6.71 Å². The van der Waals surface area contributed by atoms with Crippen LogP contribution in [-0.4, -0.2) is 11.3 Å². The van der Waals surface area contributed by atoms with Gasteiger partial charge in [0.2, 0.25) is 0 Å². The highest BCUT2D eigenvalue weighted by molar-refractivity contribution is 7.00. The van der Waals surface area contributed by atoms with Gasteiger partial charge in [0.15, 0.2) is 0 Å². The Balaban J connectivity index is 1.31. The zero-order chi connectivity index (χ0) is 51.0. The summed E-state index contributed by atoms with van der Waals surface area (Å²) in [6, 6.07) is 58.1. The molecule has 1 aromatic heterocycles. The fourth-order valence-corrected chi connectivity index (χ4v) is 11.6. The van der Waals surface area contributed by atoms with Gasteiger partial charge in [-0.1, -0.05) is 179 Å². The predicted molar refractivity (Wildman–Crippen MR) is 311 cm³/mol. The van der Waals surface area contributed by atoms with Crippen LogP contribution in [-0.2, 0) is 28.7 Å². The Labute approximate surface area is 429 Å². The molecule has 0 radical (unpaired) electrons. The van der Waals surface area contributed by atoms with Crippen molar-refractivity contribution in [2.75, 3.05) is 9.80 Å². The topological polar surface area (TPSA) is 20.6 Å². The number of hydrogen-bond acceptors (Lipinski definition) is 3. The van der Waals surface area contributed by atoms with E-state index >= 15 is 0 Å². The first kappa shape index (κ1) is 47.4. The van der Waals surface area contributed by atoms with Crippen LogP contribution in [0.25, 0.3) is 32.9 Å². The van der Waals surface area contributed by atoms with Gasteiger partial charge < -0.3 is 19.1 Å². The van der Waals surface area contributed by atoms with E-state index in [4.69, 9.17) is 4.74 Å². The summed E-state index contributed by atoms with van der Waals surface area (Å²) in [5.74, 6) is 1.81. The quantitative estimate of drug-likeness (QED) is 0.160. The summed E-state index contributed by atoms with van der Waals surface area (Å²) >= 11 is 0. The van der Waals surface area contributed by atoms with Crippen LogP contribution in [0, 0.1) is 13.8 Å². The first-order chi connectivity index (χ1) is 34.0. The number of fused-ring (bicyclic) bond motifs is 8. The maximum atomic E-state index is 7.28. The maximum Gasteiger partial charge on any atom is 0.259 e. The van der Waals surface area contributed by atoms with E-state index in [-0.39, 0.29) is 28.4 Å². The molecule has 3 heterocycles. The van der Waals surface area contributed by atoms with Crippen LogP contribution in [0.15, 0.2) is 152 Å². The Hall–Kier alpha value is -6.98. The Bertz CT molecular complexity index is 3530. The number of ether oxygens (including phenoxy) is 1. The SMILES string of the molecule is Cc1cc(C)cc(-c2cc3c4c(c2)N(c2ccc(C(C)(C)C)cc2)c2cc(N(c5ccc(C(C)(C)C)cc5)c5ccc(C(C)(C)C)cc5)c5c6ccccc6n(C)c5c2B4c2cc(C(C)(C)C)ccc2O3)c1. The average Bonchev–Trinajstić information content (AvgIpc) is 3.62. The number of para-hydroxylation sites is 1. The zero-order valence-corrected chi connectivity index (χ0v) is 45.3. The highest BCUT2D eigenvalue weighted by Gasteiger charge is 2.45. The average molecular weight is 944 g/mol. The fraction of sp³-hybridized carbons (Fsp3) is 0.284. The van der Waals surface area contributed by atoms with Crippen molar-refractivity contribution in [3.8, 4) is 22.6 Å². The van der Waals surface area contributed by atoms with Crippen LogP contribution in [0.1, 0.15) is 116 Å². The number of nitrogens with zero attached hydrogens (tertiary/aromatic N) is 3. The summed E-state index contributed by atoms with van der Waals surface area (Å²) in [7, 11) is 2.28. The third-order valence-electron chi connectivity index (χ3n) is 15.5. The molecule has 0 fully saturated rings. The lowest BCUT2D eigenvalue weighted by molar-refractivity contribution is 0.486. The number of rotatable bonds is 5. The Kier molecular flexibility index (Phi) is 10.9. The summed E-state index contributed by atoms with van der Waals surface area (Å²) in [6.07, 6.45) is 0. The molecule has 5 heteroatoms. The van der Waals surface area contributed by atoms with Crippen LogP contribution in [0.4, 0.5) is 34.1 Å². The van der Waals surface area contributed by atoms with Gasteiger partial charge in [-0.25, -0.2) is 0 Å². The van der Waals surface area contributed by atoms with Gasteiger partial charge in [0.05, 0.1) is 5.69 Å². The van der Waals surface area contributed by atoms with Crippen molar-refractivity contribution in [3.05, 3.63) is 185 Å². The first-order valence-corrected chi connectivity index (χ1v) is 26.0. The van der Waals surface area contributed by atoms with E-state index < -0.39 is 0 Å². The molecule has 0 bridgehead atoms. The van der Waals surface area contributed by atoms with Crippen LogP contribution in [0.5, 0.6) is 11.5 Å². The second-order valence-electron chi connectivity index (χ2n) is 25.0. The summed E-state index contributed by atoms with van der Waals surface area (Å²) in [6.45, 7) is 31.9. The Morgan fingerprint density at radius 3 is 1.53 bits per heavy atom. The molecule has 0 spiro atoms. The minimum Gasteiger partial charge on any atom is -0.458 e. The molecule has 0 saturated carbocycles. The highest BCUT2D eigenvalue weighted by atomic mass is 16.5. The molecule has 0 amide bonds. The standard InChI is InChI=1S/C67H70BN3O/c1-41-34-42(2)36-43(35-41)44-37-56-61-59(38-44)72-58-33-26-48(67(12,13)14)39-53(58)68(61)62-57(71(56)51-31-24-47(25-32-51)66(9,10)11)40-55(60-52-18-16-17-19-54(52)69(15)63(60)62)70(49-27-20-45(21-28-49)64(3,4)5)50-29-22-46(23-30-50)65(6,7)8/h16-40H,1-15H3. The molecule has 9 aromatic rings. The number of aromatic nitrogens is 1. The van der Waals surface area contributed by atoms with E-state index in [9.17, 15) is 0 Å². The minimum absolute atomic E-state index is 0.00454. The molecule has 0 aliphatic carbocycles. The fourth-order valence-electron chi connectivity index (χ4n) is 11.6. The van der Waals surface area contributed by atoms with Gasteiger partial charge in [-0.2, -0.15) is 0 Å². The lowest BCUT2D eigenvalue weighted by Gasteiger charge is -2.42. The van der Waals surface area contributed by atoms with E-state index in [1.54, 1.807) is 0 Å². The molecule has 0 atom stereocenters. The number of benzene rings is 8. The molecule has 4 nitrogen and oxygen atoms in total. The van der Waals surface area contributed by atoms with Gasteiger partial charge in [-0.3, -0.25) is 0 Å². The van der Waals surface area contributed by atoms with E-state index in [1.807, 2.05) is 0 Å². The Morgan fingerprint density at radius 1 is 0.472 bits per heavy atom. The molecule has 2 aliphatic heterocycles. The third-order valence-corrected chi connectivity index (χ3v) is 15.5. The molecule has 72 heavy (non-hydrogen) atoms. The maximum absolute atomic E-state index is 7.28. The normalized spacial score (nSPS) is 13.5. The van der Waals surface area contributed by atoms with Crippen molar-refractivity contribution in [2.45, 2.75) is 119 Å². The molecular weight excluding hydrogens is 874 g/mol. The third kappa shape index (κ3) is 7.91. The minimum atomic E-state index is -0.139. The van der Waals surface area contributed by atoms with Crippen molar-refractivity contribution in [3.63, 3.8) is 0 Å². The van der Waals surface area contributed by atoms with Gasteiger partial charge in [0, 0.05) is 57.3 Å². The highest BCUT2D eigenvalue weighted by Crippen LogP contribution is 2.51. The van der Waals surface area contributed by atoms with Crippen molar-refractivity contribution >= 4 is 79.0 Å². The molecule has 362 valence electrons. The molecule has 0 N–H and O–H groups in total. The number of anilines is 6. The van der Waals surface area contributed by atoms with Crippen molar-refractivity contribution in [1.82, 2.24) is 4.57 Å². The second-order valence-corrected chi connectivity index (χ2v) is 25.0. The molecule has 11 rings (SSSR count).